The lowest BCUT2D eigenvalue weighted by atomic mass is 9.98. The van der Waals surface area contributed by atoms with Crippen LogP contribution in [0.3, 0.4) is 0 Å². The number of hydrogen-bond donors (Lipinski definition) is 1. The number of nitrogens with zero attached hydrogens (tertiary/aromatic N) is 6. The molecular weight excluding hydrogens is 566 g/mol. The molecule has 0 bridgehead atoms. The van der Waals surface area contributed by atoms with Crippen molar-refractivity contribution in [2.45, 2.75) is 58.6 Å². The number of ether oxygens (including phenoxy) is 4. The SMILES string of the molecule is CCOc1nc2cccc(C(=O)OCOC(=O)OC3CCCCC3)c2n1Cc1ccc(-n2cc(C)cc2-c2nn[nH]n2)cc1. The van der Waals surface area contributed by atoms with Crippen LogP contribution in [-0.2, 0) is 20.8 Å². The summed E-state index contributed by atoms with van der Waals surface area (Å²) in [6.07, 6.45) is 5.84. The summed E-state index contributed by atoms with van der Waals surface area (Å²) in [4.78, 5) is 29.9. The lowest BCUT2D eigenvalue weighted by molar-refractivity contribution is -0.0429. The Morgan fingerprint density at radius 2 is 1.86 bits per heavy atom. The molecule has 3 aromatic heterocycles. The Morgan fingerprint density at radius 1 is 1.05 bits per heavy atom. The van der Waals surface area contributed by atoms with Crippen LogP contribution in [0.2, 0.25) is 0 Å². The maximum Gasteiger partial charge on any atom is 0.511 e. The number of aromatic nitrogens is 7. The molecule has 44 heavy (non-hydrogen) atoms. The Labute approximate surface area is 253 Å². The second-order valence-electron chi connectivity index (χ2n) is 10.6. The van der Waals surface area contributed by atoms with Crippen molar-refractivity contribution in [2.75, 3.05) is 13.4 Å². The van der Waals surface area contributed by atoms with Crippen molar-refractivity contribution in [3.63, 3.8) is 0 Å². The number of rotatable bonds is 10. The van der Waals surface area contributed by atoms with Gasteiger partial charge in [0, 0.05) is 11.9 Å². The first-order valence-corrected chi connectivity index (χ1v) is 14.6. The second-order valence-corrected chi connectivity index (χ2v) is 10.6. The van der Waals surface area contributed by atoms with Gasteiger partial charge in [-0.1, -0.05) is 24.6 Å². The van der Waals surface area contributed by atoms with Gasteiger partial charge in [0.15, 0.2) is 0 Å². The van der Waals surface area contributed by atoms with E-state index in [2.05, 4.69) is 25.6 Å². The van der Waals surface area contributed by atoms with Crippen molar-refractivity contribution in [3.05, 3.63) is 71.4 Å². The number of H-pyrrole nitrogens is 1. The van der Waals surface area contributed by atoms with Crippen LogP contribution in [0.15, 0.2) is 54.7 Å². The molecule has 13 nitrogen and oxygen atoms in total. The van der Waals surface area contributed by atoms with Crippen LogP contribution in [0.1, 0.15) is 60.5 Å². The summed E-state index contributed by atoms with van der Waals surface area (Å²) in [5.41, 5.74) is 5.16. The molecule has 0 spiro atoms. The van der Waals surface area contributed by atoms with Gasteiger partial charge in [-0.25, -0.2) is 9.59 Å². The summed E-state index contributed by atoms with van der Waals surface area (Å²) in [5.74, 6) is -0.156. The second kappa shape index (κ2) is 13.0. The molecule has 0 saturated heterocycles. The number of imidazole rings is 1. The Balaban J connectivity index is 1.20. The third-order valence-electron chi connectivity index (χ3n) is 7.49. The molecule has 1 N–H and O–H groups in total. The summed E-state index contributed by atoms with van der Waals surface area (Å²) in [6.45, 7) is 4.09. The summed E-state index contributed by atoms with van der Waals surface area (Å²) in [6, 6.07) is 15.5. The van der Waals surface area contributed by atoms with Crippen molar-refractivity contribution in [1.82, 2.24) is 34.7 Å². The molecule has 5 aromatic rings. The van der Waals surface area contributed by atoms with Crippen molar-refractivity contribution < 1.29 is 28.5 Å². The highest BCUT2D eigenvalue weighted by molar-refractivity contribution is 6.02. The fourth-order valence-corrected chi connectivity index (χ4v) is 5.47. The topological polar surface area (TPSA) is 148 Å². The normalized spacial score (nSPS) is 13.6. The van der Waals surface area contributed by atoms with Crippen molar-refractivity contribution in [3.8, 4) is 23.2 Å². The fraction of sp³-hybridized carbons (Fsp3) is 0.355. The quantitative estimate of drug-likeness (QED) is 0.164. The molecule has 6 rings (SSSR count). The Kier molecular flexibility index (Phi) is 8.52. The number of benzene rings is 2. The van der Waals surface area contributed by atoms with Gasteiger partial charge < -0.3 is 23.5 Å². The fourth-order valence-electron chi connectivity index (χ4n) is 5.47. The summed E-state index contributed by atoms with van der Waals surface area (Å²) >= 11 is 0. The van der Waals surface area contributed by atoms with E-state index in [0.717, 1.165) is 54.6 Å². The molecular formula is C31H33N7O6. The van der Waals surface area contributed by atoms with Crippen LogP contribution in [-0.4, -0.2) is 66.4 Å². The molecule has 1 aliphatic rings. The number of para-hydroxylation sites is 1. The molecule has 1 aliphatic carbocycles. The summed E-state index contributed by atoms with van der Waals surface area (Å²) in [7, 11) is 0. The van der Waals surface area contributed by atoms with Gasteiger partial charge >= 0.3 is 12.1 Å². The lowest BCUT2D eigenvalue weighted by Crippen LogP contribution is -2.22. The van der Waals surface area contributed by atoms with E-state index >= 15 is 0 Å². The monoisotopic (exact) mass is 599 g/mol. The van der Waals surface area contributed by atoms with E-state index in [1.807, 2.05) is 59.5 Å². The van der Waals surface area contributed by atoms with Gasteiger partial charge in [-0.05, 0) is 86.2 Å². The standard InChI is InChI=1S/C31H33N7O6/c1-3-41-30-32-25-11-7-10-24(29(39)42-19-43-31(40)44-23-8-5-4-6-9-23)27(25)38(30)18-21-12-14-22(15-13-21)37-17-20(2)16-26(37)28-33-35-36-34-28/h7,10-17,23H,3-6,8-9,18-19H2,1-2H3,(H,33,34,35,36). The lowest BCUT2D eigenvalue weighted by Gasteiger charge is -2.21. The average molecular weight is 600 g/mol. The van der Waals surface area contributed by atoms with Gasteiger partial charge in [-0.15, -0.1) is 10.2 Å². The Bertz CT molecular complexity index is 1740. The van der Waals surface area contributed by atoms with Crippen LogP contribution in [0.25, 0.3) is 28.2 Å². The smallest absolute Gasteiger partial charge is 0.465 e. The van der Waals surface area contributed by atoms with Gasteiger partial charge in [-0.3, -0.25) is 4.57 Å². The van der Waals surface area contributed by atoms with Crippen molar-refractivity contribution in [1.29, 1.82) is 0 Å². The van der Waals surface area contributed by atoms with E-state index in [4.69, 9.17) is 18.9 Å². The van der Waals surface area contributed by atoms with Crippen LogP contribution in [0.5, 0.6) is 6.01 Å². The van der Waals surface area contributed by atoms with E-state index in [-0.39, 0.29) is 11.7 Å². The van der Waals surface area contributed by atoms with E-state index in [9.17, 15) is 9.59 Å². The third-order valence-corrected chi connectivity index (χ3v) is 7.49. The molecule has 0 unspecified atom stereocenters. The number of carbonyl (C=O) groups is 2. The number of fused-ring (bicyclic) bond motifs is 1. The van der Waals surface area contributed by atoms with E-state index < -0.39 is 18.9 Å². The van der Waals surface area contributed by atoms with Crippen molar-refractivity contribution >= 4 is 23.2 Å². The number of aryl methyl sites for hydroxylation is 1. The maximum atomic E-state index is 13.2. The first-order valence-electron chi connectivity index (χ1n) is 14.6. The molecule has 228 valence electrons. The predicted octanol–water partition coefficient (Wildman–Crippen LogP) is 5.36. The first kappa shape index (κ1) is 28.9. The molecule has 0 aliphatic heterocycles. The van der Waals surface area contributed by atoms with Gasteiger partial charge in [0.2, 0.25) is 12.6 Å². The van der Waals surface area contributed by atoms with Gasteiger partial charge in [0.1, 0.15) is 6.10 Å². The molecule has 2 aromatic carbocycles. The van der Waals surface area contributed by atoms with Crippen LogP contribution in [0.4, 0.5) is 4.79 Å². The van der Waals surface area contributed by atoms with E-state index in [0.29, 0.717) is 36.0 Å². The number of nitrogens with one attached hydrogen (secondary N) is 1. The number of hydrogen-bond acceptors (Lipinski definition) is 10. The molecule has 13 heteroatoms. The molecule has 0 radical (unpaired) electrons. The van der Waals surface area contributed by atoms with E-state index in [1.54, 1.807) is 18.2 Å². The zero-order valence-electron chi connectivity index (χ0n) is 24.6. The maximum absolute atomic E-state index is 13.2. The van der Waals surface area contributed by atoms with Crippen LogP contribution < -0.4 is 4.74 Å². The minimum Gasteiger partial charge on any atom is -0.465 e. The number of carbonyl (C=O) groups excluding carboxylic acids is 2. The van der Waals surface area contributed by atoms with Gasteiger partial charge in [-0.2, -0.15) is 10.2 Å². The largest absolute Gasteiger partial charge is 0.511 e. The number of aromatic amines is 1. The third kappa shape index (κ3) is 6.26. The zero-order chi connectivity index (χ0) is 30.5. The zero-order valence-corrected chi connectivity index (χ0v) is 24.6. The summed E-state index contributed by atoms with van der Waals surface area (Å²) in [5, 5.41) is 14.4. The van der Waals surface area contributed by atoms with Crippen LogP contribution in [0, 0.1) is 6.92 Å². The minimum atomic E-state index is -0.838. The number of tetrazole rings is 1. The highest BCUT2D eigenvalue weighted by Gasteiger charge is 2.22. The Hall–Kier alpha value is -5.20. The highest BCUT2D eigenvalue weighted by atomic mass is 16.8. The minimum absolute atomic E-state index is 0.152. The average Bonchev–Trinajstić information content (AvgIpc) is 3.78. The van der Waals surface area contributed by atoms with E-state index in [1.165, 1.54) is 0 Å². The molecule has 0 amide bonds. The predicted molar refractivity (Wildman–Crippen MR) is 158 cm³/mol. The number of esters is 1. The Morgan fingerprint density at radius 3 is 2.61 bits per heavy atom. The highest BCUT2D eigenvalue weighted by Crippen LogP contribution is 2.28. The molecule has 1 saturated carbocycles. The van der Waals surface area contributed by atoms with Crippen LogP contribution >= 0.6 is 0 Å². The first-order chi connectivity index (χ1) is 21.5. The van der Waals surface area contributed by atoms with Gasteiger partial charge in [0.25, 0.3) is 6.01 Å². The molecule has 3 heterocycles. The summed E-state index contributed by atoms with van der Waals surface area (Å²) < 4.78 is 25.4. The molecule has 1 fully saturated rings. The van der Waals surface area contributed by atoms with Gasteiger partial charge in [0.05, 0.1) is 35.4 Å². The molecule has 0 atom stereocenters. The van der Waals surface area contributed by atoms with Crippen molar-refractivity contribution in [2.24, 2.45) is 0 Å².